The molecule has 0 bridgehead atoms. The SMILES string of the molecule is O=C([O-])[C@@H]1CCCC[C@H]1C(=O)Nc1ccccc1F. The van der Waals surface area contributed by atoms with Crippen LogP contribution in [0.3, 0.4) is 0 Å². The summed E-state index contributed by atoms with van der Waals surface area (Å²) in [6.45, 7) is 0. The Balaban J connectivity index is 2.10. The lowest BCUT2D eigenvalue weighted by atomic mass is 9.78. The predicted molar refractivity (Wildman–Crippen MR) is 65.5 cm³/mol. The van der Waals surface area contributed by atoms with Gasteiger partial charge in [0.15, 0.2) is 0 Å². The first kappa shape index (κ1) is 13.5. The van der Waals surface area contributed by atoms with Crippen LogP contribution in [0.15, 0.2) is 24.3 Å². The van der Waals surface area contributed by atoms with Crippen molar-refractivity contribution in [2.24, 2.45) is 11.8 Å². The van der Waals surface area contributed by atoms with Crippen LogP contribution in [0.25, 0.3) is 0 Å². The molecule has 1 amide bonds. The molecule has 2 rings (SSSR count). The lowest BCUT2D eigenvalue weighted by Gasteiger charge is -2.31. The van der Waals surface area contributed by atoms with Crippen LogP contribution in [-0.2, 0) is 9.59 Å². The standard InChI is InChI=1S/C14H16FNO3/c15-11-7-3-4-8-12(11)16-13(17)9-5-1-2-6-10(9)14(18)19/h3-4,7-10H,1-2,5-6H2,(H,16,17)(H,18,19)/p-1/t9-,10-/m1/s1. The van der Waals surface area contributed by atoms with Crippen molar-refractivity contribution < 1.29 is 19.1 Å². The number of hydrogen-bond acceptors (Lipinski definition) is 3. The topological polar surface area (TPSA) is 69.2 Å². The smallest absolute Gasteiger partial charge is 0.228 e. The lowest BCUT2D eigenvalue weighted by Crippen LogP contribution is -2.42. The highest BCUT2D eigenvalue weighted by Gasteiger charge is 2.32. The second-order valence-electron chi connectivity index (χ2n) is 4.79. The molecule has 0 unspecified atom stereocenters. The molecule has 1 fully saturated rings. The fraction of sp³-hybridized carbons (Fsp3) is 0.429. The Morgan fingerprint density at radius 3 is 2.42 bits per heavy atom. The molecule has 19 heavy (non-hydrogen) atoms. The van der Waals surface area contributed by atoms with Crippen LogP contribution >= 0.6 is 0 Å². The first-order valence-electron chi connectivity index (χ1n) is 6.36. The number of carbonyl (C=O) groups is 2. The molecular weight excluding hydrogens is 249 g/mol. The summed E-state index contributed by atoms with van der Waals surface area (Å²) in [5.41, 5.74) is 0.0789. The normalized spacial score (nSPS) is 22.8. The number of carbonyl (C=O) groups excluding carboxylic acids is 2. The molecule has 102 valence electrons. The van der Waals surface area contributed by atoms with Crippen LogP contribution in [0.4, 0.5) is 10.1 Å². The summed E-state index contributed by atoms with van der Waals surface area (Å²) in [7, 11) is 0. The quantitative estimate of drug-likeness (QED) is 0.895. The summed E-state index contributed by atoms with van der Waals surface area (Å²) >= 11 is 0. The minimum absolute atomic E-state index is 0.0789. The van der Waals surface area contributed by atoms with Gasteiger partial charge in [0.2, 0.25) is 5.91 Å². The molecule has 0 aliphatic heterocycles. The third-order valence-electron chi connectivity index (χ3n) is 3.54. The molecule has 1 aromatic rings. The zero-order valence-electron chi connectivity index (χ0n) is 10.4. The van der Waals surface area contributed by atoms with Crippen molar-refractivity contribution in [1.82, 2.24) is 0 Å². The van der Waals surface area contributed by atoms with E-state index >= 15 is 0 Å². The van der Waals surface area contributed by atoms with Crippen molar-refractivity contribution >= 4 is 17.6 Å². The number of carboxylic acids is 1. The average molecular weight is 264 g/mol. The highest BCUT2D eigenvalue weighted by molar-refractivity contribution is 5.95. The number of halogens is 1. The summed E-state index contributed by atoms with van der Waals surface area (Å²) in [6, 6.07) is 5.82. The van der Waals surface area contributed by atoms with Crippen LogP contribution < -0.4 is 10.4 Å². The molecule has 1 aromatic carbocycles. The van der Waals surface area contributed by atoms with Gasteiger partial charge < -0.3 is 15.2 Å². The highest BCUT2D eigenvalue weighted by Crippen LogP contribution is 2.31. The number of benzene rings is 1. The molecule has 0 heterocycles. The van der Waals surface area contributed by atoms with Crippen LogP contribution in [0.2, 0.25) is 0 Å². The number of aliphatic carboxylic acids is 1. The van der Waals surface area contributed by atoms with E-state index in [2.05, 4.69) is 5.32 Å². The van der Waals surface area contributed by atoms with Gasteiger partial charge in [-0.05, 0) is 25.0 Å². The molecule has 1 aliphatic carbocycles. The van der Waals surface area contributed by atoms with Crippen LogP contribution in [-0.4, -0.2) is 11.9 Å². The van der Waals surface area contributed by atoms with E-state index in [-0.39, 0.29) is 5.69 Å². The van der Waals surface area contributed by atoms with Crippen molar-refractivity contribution in [3.05, 3.63) is 30.1 Å². The zero-order chi connectivity index (χ0) is 13.8. The molecule has 2 atom stereocenters. The minimum atomic E-state index is -1.20. The van der Waals surface area contributed by atoms with E-state index in [1.807, 2.05) is 0 Å². The minimum Gasteiger partial charge on any atom is -0.550 e. The highest BCUT2D eigenvalue weighted by atomic mass is 19.1. The van der Waals surface area contributed by atoms with Crippen molar-refractivity contribution in [3.8, 4) is 0 Å². The molecular formula is C14H15FNO3-. The van der Waals surface area contributed by atoms with Gasteiger partial charge in [-0.3, -0.25) is 4.79 Å². The molecule has 0 radical (unpaired) electrons. The first-order chi connectivity index (χ1) is 9.09. The van der Waals surface area contributed by atoms with E-state index in [1.165, 1.54) is 18.2 Å². The lowest BCUT2D eigenvalue weighted by molar-refractivity contribution is -0.313. The van der Waals surface area contributed by atoms with Gasteiger partial charge in [0, 0.05) is 17.8 Å². The molecule has 5 heteroatoms. The molecule has 0 aromatic heterocycles. The Bertz CT molecular complexity index is 489. The second-order valence-corrected chi connectivity index (χ2v) is 4.79. The molecule has 4 nitrogen and oxygen atoms in total. The number of hydrogen-bond donors (Lipinski definition) is 1. The number of amides is 1. The van der Waals surface area contributed by atoms with Gasteiger partial charge >= 0.3 is 0 Å². The fourth-order valence-corrected chi connectivity index (χ4v) is 2.51. The van der Waals surface area contributed by atoms with Crippen molar-refractivity contribution in [1.29, 1.82) is 0 Å². The Morgan fingerprint density at radius 1 is 1.16 bits per heavy atom. The number of rotatable bonds is 3. The van der Waals surface area contributed by atoms with Gasteiger partial charge in [-0.25, -0.2) is 4.39 Å². The summed E-state index contributed by atoms with van der Waals surface area (Å²) in [4.78, 5) is 23.1. The largest absolute Gasteiger partial charge is 0.550 e. The number of anilines is 1. The monoisotopic (exact) mass is 264 g/mol. The summed E-state index contributed by atoms with van der Waals surface area (Å²) in [5.74, 6) is -3.59. The Labute approximate surface area is 110 Å². The Hall–Kier alpha value is -1.91. The summed E-state index contributed by atoms with van der Waals surface area (Å²) in [5, 5.41) is 13.5. The van der Waals surface area contributed by atoms with Crippen molar-refractivity contribution in [3.63, 3.8) is 0 Å². The number of nitrogens with one attached hydrogen (secondary N) is 1. The van der Waals surface area contributed by atoms with E-state index in [4.69, 9.17) is 0 Å². The van der Waals surface area contributed by atoms with Gasteiger partial charge in [0.25, 0.3) is 0 Å². The molecule has 0 saturated heterocycles. The van der Waals surface area contributed by atoms with E-state index in [0.29, 0.717) is 12.8 Å². The Kier molecular flexibility index (Phi) is 4.14. The summed E-state index contributed by atoms with van der Waals surface area (Å²) in [6.07, 6.45) is 2.53. The van der Waals surface area contributed by atoms with E-state index < -0.39 is 29.5 Å². The third kappa shape index (κ3) is 3.10. The maximum Gasteiger partial charge on any atom is 0.228 e. The second kappa shape index (κ2) is 5.82. The van der Waals surface area contributed by atoms with Crippen molar-refractivity contribution in [2.45, 2.75) is 25.7 Å². The van der Waals surface area contributed by atoms with Crippen LogP contribution in [0.1, 0.15) is 25.7 Å². The Morgan fingerprint density at radius 2 is 1.79 bits per heavy atom. The fourth-order valence-electron chi connectivity index (χ4n) is 2.51. The van der Waals surface area contributed by atoms with Gasteiger partial charge in [0.1, 0.15) is 5.82 Å². The van der Waals surface area contributed by atoms with Crippen LogP contribution in [0.5, 0.6) is 0 Å². The van der Waals surface area contributed by atoms with Gasteiger partial charge in [-0.2, -0.15) is 0 Å². The van der Waals surface area contributed by atoms with E-state index in [0.717, 1.165) is 12.8 Å². The zero-order valence-corrected chi connectivity index (χ0v) is 10.4. The van der Waals surface area contributed by atoms with Gasteiger partial charge in [-0.15, -0.1) is 0 Å². The maximum atomic E-state index is 13.4. The third-order valence-corrected chi connectivity index (χ3v) is 3.54. The summed E-state index contributed by atoms with van der Waals surface area (Å²) < 4.78 is 13.4. The van der Waals surface area contributed by atoms with Gasteiger partial charge in [0.05, 0.1) is 5.69 Å². The van der Waals surface area contributed by atoms with E-state index in [9.17, 15) is 19.1 Å². The maximum absolute atomic E-state index is 13.4. The first-order valence-corrected chi connectivity index (χ1v) is 6.36. The molecule has 1 aliphatic rings. The van der Waals surface area contributed by atoms with Crippen molar-refractivity contribution in [2.75, 3.05) is 5.32 Å². The number of carboxylic acid groups (broad SMARTS) is 1. The number of para-hydroxylation sites is 1. The molecule has 1 saturated carbocycles. The van der Waals surface area contributed by atoms with E-state index in [1.54, 1.807) is 6.07 Å². The average Bonchev–Trinajstić information content (AvgIpc) is 2.41. The molecule has 0 spiro atoms. The van der Waals surface area contributed by atoms with Gasteiger partial charge in [-0.1, -0.05) is 25.0 Å². The predicted octanol–water partition coefficient (Wildman–Crippen LogP) is 1.32. The molecule has 1 N–H and O–H groups in total. The van der Waals surface area contributed by atoms with Crippen LogP contribution in [0, 0.1) is 17.7 Å².